The van der Waals surface area contributed by atoms with Crippen molar-refractivity contribution in [3.63, 3.8) is 0 Å². The average Bonchev–Trinajstić information content (AvgIpc) is 1.67. The number of likely N-dealkylation sites (N-methyl/N-ethyl adjacent to an activating group) is 1. The number of rotatable bonds is 53. The van der Waals surface area contributed by atoms with E-state index in [4.69, 9.17) is 16.2 Å². The van der Waals surface area contributed by atoms with Gasteiger partial charge in [0.15, 0.2) is 12.0 Å². The molecule has 0 spiro atoms. The van der Waals surface area contributed by atoms with Crippen LogP contribution in [0.4, 0.5) is 0 Å². The Labute approximate surface area is 702 Å². The number of allylic oxidation sites excluding steroid dienone is 2. The zero-order valence-corrected chi connectivity index (χ0v) is 72.0. The number of aliphatic hydroxyl groups excluding tert-OH is 3. The predicted octanol–water partition coefficient (Wildman–Crippen LogP) is 3.22. The molecule has 18 N–H and O–H groups in total. The van der Waals surface area contributed by atoms with E-state index in [0.29, 0.717) is 89.3 Å². The number of hydrogen-bond acceptors (Lipinski definition) is 19. The topological polar surface area (TPSA) is 492 Å². The van der Waals surface area contributed by atoms with E-state index in [0.717, 1.165) is 42.6 Å². The number of guanidine groups is 1. The summed E-state index contributed by atoms with van der Waals surface area (Å²) in [5, 5.41) is 70.4. The van der Waals surface area contributed by atoms with Gasteiger partial charge in [-0.05, 0) is 178 Å². The Morgan fingerprint density at radius 2 is 1.27 bits per heavy atom. The highest BCUT2D eigenvalue weighted by Crippen LogP contribution is 2.39. The summed E-state index contributed by atoms with van der Waals surface area (Å²) in [6.07, 6.45) is 9.29. The molecule has 16 unspecified atom stereocenters. The minimum Gasteiger partial charge on any atom is -0.481 e. The summed E-state index contributed by atoms with van der Waals surface area (Å²) in [5.41, 5.74) is 14.5. The predicted molar refractivity (Wildman–Crippen MR) is 450 cm³/mol. The number of aliphatic carboxylic acids is 1. The van der Waals surface area contributed by atoms with Crippen molar-refractivity contribution in [1.29, 1.82) is 0 Å². The second-order valence-corrected chi connectivity index (χ2v) is 34.1. The molecule has 2 aliphatic heterocycles. The Balaban J connectivity index is 1.45. The number of aryl methyl sites for hydroxylation is 1. The Morgan fingerprint density at radius 3 is 1.88 bits per heavy atom. The van der Waals surface area contributed by atoms with E-state index in [9.17, 15) is 68.7 Å². The molecule has 119 heavy (non-hydrogen) atoms. The number of carboxylic acid groups (broad SMARTS) is 1. The fourth-order valence-electron chi connectivity index (χ4n) is 15.9. The van der Waals surface area contributed by atoms with Gasteiger partial charge in [0.2, 0.25) is 53.2 Å². The van der Waals surface area contributed by atoms with Crippen LogP contribution >= 0.6 is 0 Å². The first-order valence-electron chi connectivity index (χ1n) is 43.1. The van der Waals surface area contributed by atoms with Crippen LogP contribution < -0.4 is 49.1 Å². The summed E-state index contributed by atoms with van der Waals surface area (Å²) in [6.45, 7) is 12.9. The number of likely N-dealkylation sites (tertiary alicyclic amines) is 2. The van der Waals surface area contributed by atoms with Crippen LogP contribution in [0, 0.1) is 29.6 Å². The molecule has 2 aromatic rings. The Hall–Kier alpha value is -8.95. The van der Waals surface area contributed by atoms with Crippen molar-refractivity contribution >= 4 is 77.0 Å². The Bertz CT molecular complexity index is 3620. The van der Waals surface area contributed by atoms with Gasteiger partial charge in [0, 0.05) is 52.4 Å². The van der Waals surface area contributed by atoms with Crippen molar-refractivity contribution in [2.75, 3.05) is 53.9 Å². The maximum atomic E-state index is 15.8. The molecule has 3 aliphatic rings. The second kappa shape index (κ2) is 51.6. The molecule has 16 atom stereocenters. The number of quaternary nitrogens is 1. The van der Waals surface area contributed by atoms with Crippen molar-refractivity contribution in [3.05, 3.63) is 83.9 Å². The fourth-order valence-corrected chi connectivity index (χ4v) is 15.9. The second-order valence-electron chi connectivity index (χ2n) is 34.1. The molecule has 32 nitrogen and oxygen atoms in total. The third-order valence-electron chi connectivity index (χ3n) is 22.9. The van der Waals surface area contributed by atoms with Gasteiger partial charge in [-0.3, -0.25) is 63.5 Å². The highest BCUT2D eigenvalue weighted by molar-refractivity contribution is 5.99. The number of piperidine rings is 1. The minimum absolute atomic E-state index is 0.00819. The van der Waals surface area contributed by atoms with Crippen LogP contribution in [0.1, 0.15) is 220 Å². The van der Waals surface area contributed by atoms with Crippen LogP contribution in [0.15, 0.2) is 77.8 Å². The van der Waals surface area contributed by atoms with Crippen LogP contribution in [0.3, 0.4) is 0 Å². The highest BCUT2D eigenvalue weighted by Gasteiger charge is 2.48. The SMILES string of the molecule is CCCCCCCC(=O)N1CCCC(C(=O)NC(Cc2ccccc2)C(=O)NC(CCCN(C)C)C(=O)NC(CC(C)C)C(=O)N2CC(OC(=O)CCCC=CCC3C(O)CC(O)C3CCC(O)CCc3ccccc3)CC2C(=O)N(C)C(CC(C)C)C(=O)NC(CC(=O)O)C(=O)NC(CCCN=C(N)N)C(=O)NC(C([NH3+])=O)C(C)(O)CC)C1. The van der Waals surface area contributed by atoms with Crippen LogP contribution in [0.5, 0.6) is 0 Å². The maximum absolute atomic E-state index is 15.8. The third kappa shape index (κ3) is 35.0. The van der Waals surface area contributed by atoms with Gasteiger partial charge in [0.25, 0.3) is 0 Å². The third-order valence-corrected chi connectivity index (χ3v) is 22.9. The summed E-state index contributed by atoms with van der Waals surface area (Å²) >= 11 is 0. The molecule has 0 bridgehead atoms. The summed E-state index contributed by atoms with van der Waals surface area (Å²) in [5.74, 6) is -11.8. The molecule has 0 radical (unpaired) electrons. The first kappa shape index (κ1) is 101. The van der Waals surface area contributed by atoms with Gasteiger partial charge in [-0.25, -0.2) is 4.79 Å². The normalized spacial score (nSPS) is 20.5. The van der Waals surface area contributed by atoms with Crippen LogP contribution in [0.2, 0.25) is 0 Å². The minimum atomic E-state index is -1.92. The Kier molecular flexibility index (Phi) is 43.6. The lowest BCUT2D eigenvalue weighted by molar-refractivity contribution is -0.312. The highest BCUT2D eigenvalue weighted by atomic mass is 16.5. The van der Waals surface area contributed by atoms with Gasteiger partial charge in [0.05, 0.1) is 42.8 Å². The largest absolute Gasteiger partial charge is 0.481 e. The van der Waals surface area contributed by atoms with E-state index >= 15 is 14.4 Å². The van der Waals surface area contributed by atoms with E-state index in [1.165, 1.54) is 18.9 Å². The van der Waals surface area contributed by atoms with Crippen LogP contribution in [-0.2, 0) is 75.1 Å². The zero-order chi connectivity index (χ0) is 88.1. The molecule has 2 heterocycles. The fraction of sp³-hybridized carbons (Fsp3) is 0.690. The lowest BCUT2D eigenvalue weighted by Crippen LogP contribution is -2.72. The number of ether oxygens (including phenoxy) is 1. The van der Waals surface area contributed by atoms with E-state index in [2.05, 4.69) is 49.6 Å². The van der Waals surface area contributed by atoms with E-state index in [-0.39, 0.29) is 119 Å². The molecule has 2 saturated heterocycles. The molecular weight excluding hydrogens is 1530 g/mol. The quantitative estimate of drug-likeness (QED) is 0.0149. The van der Waals surface area contributed by atoms with E-state index in [1.54, 1.807) is 37.8 Å². The average molecular weight is 1670 g/mol. The number of aliphatic imine (C=N–C) groups is 1. The number of hydrogen-bond donors (Lipinski definition) is 14. The summed E-state index contributed by atoms with van der Waals surface area (Å²) in [4.78, 5) is 182. The standard InChI is InChI=1S/C87H140N14O18/c1-11-13-14-15-25-38-73(105)100-46-28-34-59(53-100)78(110)94-66(49-58-32-22-19-23-33-58)81(113)93-65(37-29-45-98(8)9)79(111)96-68(47-55(3)4)84(116)101-54-61(119-75(108)39-26-17-16-24-35-62-63(72(104)52-71(62)103)43-42-60(102)41-40-57-30-20-18-21-31-57)50-70(101)85(117)99(10)69(48-56(5)6)83(115)95-67(51-74(106)107)82(114)92-64(36-27-44-91-86(89)90)80(112)97-76(77(88)109)87(7,118)12-2/h16,18-24,30-33,55-56,59-72,76,102-104,118H,11-15,17,25-29,34-54H2,1-10H3,(H2,88,109)(H,92,114)(H,93,113)(H,94,110)(H,95,115)(H,96,111)(H,97,112)(H,106,107)(H4,89,90,91)/p+1. The number of carbonyl (C=O) groups excluding carboxylic acids is 11. The smallest absolute Gasteiger partial charge is 0.334 e. The van der Waals surface area contributed by atoms with Gasteiger partial charge in [-0.15, -0.1) is 0 Å². The molecule has 2 aromatic carbocycles. The van der Waals surface area contributed by atoms with Gasteiger partial charge in [-0.1, -0.05) is 140 Å². The molecule has 32 heteroatoms. The number of carbonyl (C=O) groups is 12. The van der Waals surface area contributed by atoms with Crippen molar-refractivity contribution in [3.8, 4) is 0 Å². The van der Waals surface area contributed by atoms with Crippen LogP contribution in [0.25, 0.3) is 0 Å². The number of amides is 10. The number of nitrogens with one attached hydrogen (secondary N) is 6. The lowest BCUT2D eigenvalue weighted by Gasteiger charge is -2.35. The number of nitrogens with zero attached hydrogens (tertiary/aromatic N) is 5. The summed E-state index contributed by atoms with van der Waals surface area (Å²) in [6, 6.07) is 6.98. The molecular formula is C87H141N14O18+. The van der Waals surface area contributed by atoms with Crippen molar-refractivity contribution < 1.29 is 93.5 Å². The molecule has 5 rings (SSSR count). The van der Waals surface area contributed by atoms with Crippen molar-refractivity contribution in [1.82, 2.24) is 51.5 Å². The molecule has 1 aliphatic carbocycles. The van der Waals surface area contributed by atoms with Gasteiger partial charge in [-0.2, -0.15) is 0 Å². The summed E-state index contributed by atoms with van der Waals surface area (Å²) < 4.78 is 6.11. The molecule has 3 fully saturated rings. The van der Waals surface area contributed by atoms with E-state index in [1.807, 2.05) is 93.5 Å². The lowest BCUT2D eigenvalue weighted by atomic mass is 9.85. The Morgan fingerprint density at radius 1 is 0.672 bits per heavy atom. The zero-order valence-electron chi connectivity index (χ0n) is 72.0. The molecule has 1 saturated carbocycles. The molecule has 10 amide bonds. The van der Waals surface area contributed by atoms with Gasteiger partial charge >= 0.3 is 17.8 Å². The summed E-state index contributed by atoms with van der Waals surface area (Å²) in [7, 11) is 4.98. The number of carboxylic acids is 1. The number of aliphatic hydroxyl groups is 4. The van der Waals surface area contributed by atoms with Gasteiger partial charge in [0.1, 0.15) is 48.4 Å². The first-order valence-corrected chi connectivity index (χ1v) is 43.1. The van der Waals surface area contributed by atoms with Crippen molar-refractivity contribution in [2.24, 2.45) is 46.0 Å². The first-order chi connectivity index (χ1) is 56.4. The van der Waals surface area contributed by atoms with E-state index < -0.39 is 156 Å². The number of esters is 1. The number of benzene rings is 2. The van der Waals surface area contributed by atoms with Crippen LogP contribution in [-0.4, -0.2) is 254 Å². The number of nitrogens with two attached hydrogens (primary N) is 2. The maximum Gasteiger partial charge on any atom is 0.334 e. The number of unbranched alkanes of at least 4 members (excludes halogenated alkanes) is 5. The molecule has 666 valence electrons. The monoisotopic (exact) mass is 1670 g/mol. The van der Waals surface area contributed by atoms with Crippen molar-refractivity contribution in [2.45, 2.75) is 300 Å². The molecule has 0 aromatic heterocycles. The van der Waals surface area contributed by atoms with Gasteiger partial charge < -0.3 is 93.2 Å².